The van der Waals surface area contributed by atoms with Gasteiger partial charge in [-0.25, -0.2) is 0 Å². The van der Waals surface area contributed by atoms with Gasteiger partial charge >= 0.3 is 0 Å². The van der Waals surface area contributed by atoms with Crippen molar-refractivity contribution in [2.75, 3.05) is 6.61 Å². The predicted octanol–water partition coefficient (Wildman–Crippen LogP) is 3.93. The molecule has 1 atom stereocenters. The Labute approximate surface area is 120 Å². The van der Waals surface area contributed by atoms with Crippen LogP contribution in [0.3, 0.4) is 0 Å². The van der Waals surface area contributed by atoms with Gasteiger partial charge in [-0.15, -0.1) is 0 Å². The second-order valence-corrected chi connectivity index (χ2v) is 4.96. The van der Waals surface area contributed by atoms with Crippen molar-refractivity contribution < 1.29 is 4.74 Å². The summed E-state index contributed by atoms with van der Waals surface area (Å²) in [6.07, 6.45) is 2.34. The van der Waals surface area contributed by atoms with Crippen LogP contribution in [0.1, 0.15) is 37.8 Å². The van der Waals surface area contributed by atoms with Gasteiger partial charge in [-0.05, 0) is 25.2 Å². The van der Waals surface area contributed by atoms with Gasteiger partial charge in [0.1, 0.15) is 5.75 Å². The number of nitrogens with two attached hydrogens (primary N) is 1. The number of nitriles is 1. The minimum atomic E-state index is -0.0614. The molecule has 3 heteroatoms. The molecule has 0 saturated carbocycles. The molecule has 0 unspecified atom stereocenters. The number of fused-ring (bicyclic) bond motifs is 1. The van der Waals surface area contributed by atoms with E-state index in [0.29, 0.717) is 13.0 Å². The van der Waals surface area contributed by atoms with Gasteiger partial charge in [0.25, 0.3) is 0 Å². The largest absolute Gasteiger partial charge is 0.493 e. The van der Waals surface area contributed by atoms with E-state index >= 15 is 0 Å². The number of rotatable bonds is 6. The molecule has 0 amide bonds. The third-order valence-electron chi connectivity index (χ3n) is 3.33. The lowest BCUT2D eigenvalue weighted by atomic mass is 10.0. The van der Waals surface area contributed by atoms with E-state index in [1.165, 1.54) is 0 Å². The quantitative estimate of drug-likeness (QED) is 0.807. The molecule has 0 spiro atoms. The summed E-state index contributed by atoms with van der Waals surface area (Å²) in [6, 6.07) is 14.4. The lowest BCUT2D eigenvalue weighted by molar-refractivity contribution is 0.307. The average molecular weight is 268 g/mol. The highest BCUT2D eigenvalue weighted by Crippen LogP contribution is 2.33. The molecule has 104 valence electrons. The highest BCUT2D eigenvalue weighted by atomic mass is 16.5. The Bertz CT molecular complexity index is 614. The van der Waals surface area contributed by atoms with Gasteiger partial charge in [0.15, 0.2) is 0 Å². The molecule has 20 heavy (non-hydrogen) atoms. The summed E-state index contributed by atoms with van der Waals surface area (Å²) in [5.41, 5.74) is 7.07. The summed E-state index contributed by atoms with van der Waals surface area (Å²) < 4.78 is 5.97. The van der Waals surface area contributed by atoms with Gasteiger partial charge in [-0.1, -0.05) is 36.4 Å². The lowest BCUT2D eigenvalue weighted by Gasteiger charge is -2.16. The van der Waals surface area contributed by atoms with Crippen molar-refractivity contribution in [2.45, 2.75) is 32.2 Å². The van der Waals surface area contributed by atoms with Crippen LogP contribution in [0.2, 0.25) is 0 Å². The van der Waals surface area contributed by atoms with Crippen molar-refractivity contribution in [3.8, 4) is 11.8 Å². The smallest absolute Gasteiger partial charge is 0.131 e. The fourth-order valence-electron chi connectivity index (χ4n) is 2.26. The highest BCUT2D eigenvalue weighted by molar-refractivity contribution is 5.89. The predicted molar refractivity (Wildman–Crippen MR) is 81.5 cm³/mol. The first-order chi connectivity index (χ1) is 9.74. The molecule has 0 aliphatic rings. The number of ether oxygens (including phenoxy) is 1. The van der Waals surface area contributed by atoms with Crippen LogP contribution in [-0.2, 0) is 0 Å². The van der Waals surface area contributed by atoms with Gasteiger partial charge in [0, 0.05) is 23.4 Å². The monoisotopic (exact) mass is 268 g/mol. The molecule has 0 saturated heterocycles. The summed E-state index contributed by atoms with van der Waals surface area (Å²) in [5.74, 6) is 0.884. The summed E-state index contributed by atoms with van der Waals surface area (Å²) >= 11 is 0. The second-order valence-electron chi connectivity index (χ2n) is 4.96. The van der Waals surface area contributed by atoms with Gasteiger partial charge in [-0.2, -0.15) is 5.26 Å². The minimum Gasteiger partial charge on any atom is -0.493 e. The molecule has 0 fully saturated rings. The standard InChI is InChI=1S/C17H20N2O/c1-13(19)15-10-9-14-7-3-4-8-16(14)17(15)20-12-6-2-5-11-18/h3-4,7-10,13H,2,5-6,12,19H2,1H3/t13-/m0/s1. The summed E-state index contributed by atoms with van der Waals surface area (Å²) in [4.78, 5) is 0. The molecule has 2 aromatic rings. The van der Waals surface area contributed by atoms with E-state index in [0.717, 1.165) is 34.9 Å². The number of hydrogen-bond donors (Lipinski definition) is 1. The van der Waals surface area contributed by atoms with E-state index in [-0.39, 0.29) is 6.04 Å². The van der Waals surface area contributed by atoms with Crippen LogP contribution in [0, 0.1) is 11.3 Å². The molecular formula is C17H20N2O. The Hall–Kier alpha value is -2.05. The van der Waals surface area contributed by atoms with E-state index in [4.69, 9.17) is 15.7 Å². The Kier molecular flexibility index (Phi) is 4.97. The van der Waals surface area contributed by atoms with Crippen LogP contribution in [0.4, 0.5) is 0 Å². The Balaban J connectivity index is 2.23. The van der Waals surface area contributed by atoms with E-state index in [1.807, 2.05) is 25.1 Å². The number of unbranched alkanes of at least 4 members (excludes halogenated alkanes) is 2. The van der Waals surface area contributed by atoms with E-state index in [1.54, 1.807) is 0 Å². The zero-order chi connectivity index (χ0) is 14.4. The average Bonchev–Trinajstić information content (AvgIpc) is 2.46. The molecule has 0 aliphatic carbocycles. The van der Waals surface area contributed by atoms with Crippen molar-refractivity contribution >= 4 is 10.8 Å². The first-order valence-electron chi connectivity index (χ1n) is 7.01. The maximum Gasteiger partial charge on any atom is 0.131 e. The van der Waals surface area contributed by atoms with E-state index in [9.17, 15) is 0 Å². The first-order valence-corrected chi connectivity index (χ1v) is 7.01. The molecule has 3 nitrogen and oxygen atoms in total. The molecule has 2 rings (SSSR count). The van der Waals surface area contributed by atoms with Crippen molar-refractivity contribution in [3.05, 3.63) is 42.0 Å². The molecule has 0 aliphatic heterocycles. The minimum absolute atomic E-state index is 0.0614. The molecule has 0 radical (unpaired) electrons. The van der Waals surface area contributed by atoms with Crippen LogP contribution in [0.5, 0.6) is 5.75 Å². The molecule has 2 aromatic carbocycles. The highest BCUT2D eigenvalue weighted by Gasteiger charge is 2.11. The summed E-state index contributed by atoms with van der Waals surface area (Å²) in [7, 11) is 0. The maximum absolute atomic E-state index is 8.53. The molecule has 2 N–H and O–H groups in total. The summed E-state index contributed by atoms with van der Waals surface area (Å²) in [6.45, 7) is 2.59. The Morgan fingerprint density at radius 1 is 1.20 bits per heavy atom. The maximum atomic E-state index is 8.53. The number of benzene rings is 2. The van der Waals surface area contributed by atoms with Crippen molar-refractivity contribution in [3.63, 3.8) is 0 Å². The van der Waals surface area contributed by atoms with Gasteiger partial charge < -0.3 is 10.5 Å². The van der Waals surface area contributed by atoms with Crippen LogP contribution >= 0.6 is 0 Å². The van der Waals surface area contributed by atoms with Crippen molar-refractivity contribution in [1.82, 2.24) is 0 Å². The van der Waals surface area contributed by atoms with Crippen LogP contribution in [-0.4, -0.2) is 6.61 Å². The number of hydrogen-bond acceptors (Lipinski definition) is 3. The van der Waals surface area contributed by atoms with Crippen LogP contribution in [0.25, 0.3) is 10.8 Å². The van der Waals surface area contributed by atoms with Gasteiger partial charge in [0.05, 0.1) is 12.7 Å². The van der Waals surface area contributed by atoms with Gasteiger partial charge in [0.2, 0.25) is 0 Å². The van der Waals surface area contributed by atoms with Crippen molar-refractivity contribution in [2.24, 2.45) is 5.73 Å². The first kappa shape index (κ1) is 14.4. The topological polar surface area (TPSA) is 59.0 Å². The number of nitrogens with zero attached hydrogens (tertiary/aromatic N) is 1. The third-order valence-corrected chi connectivity index (χ3v) is 3.33. The van der Waals surface area contributed by atoms with Gasteiger partial charge in [-0.3, -0.25) is 0 Å². The normalized spacial score (nSPS) is 12.1. The fourth-order valence-corrected chi connectivity index (χ4v) is 2.26. The Morgan fingerprint density at radius 3 is 2.75 bits per heavy atom. The van der Waals surface area contributed by atoms with E-state index < -0.39 is 0 Å². The molecule has 0 heterocycles. The molecular weight excluding hydrogens is 248 g/mol. The van der Waals surface area contributed by atoms with Crippen LogP contribution < -0.4 is 10.5 Å². The molecule has 0 bridgehead atoms. The zero-order valence-electron chi connectivity index (χ0n) is 11.8. The third kappa shape index (κ3) is 3.28. The SMILES string of the molecule is C[C@H](N)c1ccc2ccccc2c1OCCCCC#N. The zero-order valence-corrected chi connectivity index (χ0v) is 11.8. The second kappa shape index (κ2) is 6.93. The Morgan fingerprint density at radius 2 is 2.00 bits per heavy atom. The summed E-state index contributed by atoms with van der Waals surface area (Å²) in [5, 5.41) is 10.8. The van der Waals surface area contributed by atoms with Crippen molar-refractivity contribution in [1.29, 1.82) is 5.26 Å². The van der Waals surface area contributed by atoms with E-state index in [2.05, 4.69) is 24.3 Å². The molecule has 0 aromatic heterocycles. The fraction of sp³-hybridized carbons (Fsp3) is 0.353. The lowest BCUT2D eigenvalue weighted by Crippen LogP contribution is -2.09. The van der Waals surface area contributed by atoms with Crippen LogP contribution in [0.15, 0.2) is 36.4 Å².